The van der Waals surface area contributed by atoms with Gasteiger partial charge in [-0.25, -0.2) is 8.42 Å². The summed E-state index contributed by atoms with van der Waals surface area (Å²) in [5, 5.41) is 8.40. The number of hydrogen-bond acceptors (Lipinski definition) is 3. The molecule has 0 aliphatic heterocycles. The lowest BCUT2D eigenvalue weighted by atomic mass is 10.2. The molecule has 0 N–H and O–H groups in total. The van der Waals surface area contributed by atoms with Crippen LogP contribution in [-0.4, -0.2) is 19.5 Å². The number of aryl methyl sites for hydroxylation is 1. The summed E-state index contributed by atoms with van der Waals surface area (Å²) in [5.74, 6) is 0.286. The van der Waals surface area contributed by atoms with E-state index in [2.05, 4.69) is 0 Å². The van der Waals surface area contributed by atoms with Crippen LogP contribution in [0.2, 0.25) is 0 Å². The van der Waals surface area contributed by atoms with Gasteiger partial charge in [-0.05, 0) is 38.0 Å². The molecule has 0 fully saturated rings. The Balaban J connectivity index is 3.30. The second-order valence-corrected chi connectivity index (χ2v) is 6.66. The van der Waals surface area contributed by atoms with E-state index in [1.54, 1.807) is 19.1 Å². The molecule has 0 aliphatic rings. The van der Waals surface area contributed by atoms with E-state index in [4.69, 9.17) is 16.9 Å². The summed E-state index contributed by atoms with van der Waals surface area (Å²) in [4.78, 5) is 0.100. The van der Waals surface area contributed by atoms with Crippen molar-refractivity contribution in [3.8, 4) is 6.07 Å². The number of alkyl halides is 1. The molecule has 0 heterocycles. The van der Waals surface area contributed by atoms with E-state index in [0.29, 0.717) is 6.42 Å². The molecule has 0 amide bonds. The molecular formula is C12H14ClNO2S. The highest BCUT2D eigenvalue weighted by Crippen LogP contribution is 2.23. The summed E-state index contributed by atoms with van der Waals surface area (Å²) in [6.45, 7) is 3.43. The molecule has 0 radical (unpaired) electrons. The van der Waals surface area contributed by atoms with Crippen LogP contribution in [0.4, 0.5) is 0 Å². The first-order valence-electron chi connectivity index (χ1n) is 5.24. The summed E-state index contributed by atoms with van der Waals surface area (Å²) in [5.41, 5.74) is 1.07. The minimum Gasteiger partial charge on any atom is -0.223 e. The molecule has 1 atom stereocenters. The highest BCUT2D eigenvalue weighted by Gasteiger charge is 2.25. The van der Waals surface area contributed by atoms with Crippen LogP contribution in [-0.2, 0) is 9.84 Å². The van der Waals surface area contributed by atoms with Gasteiger partial charge in [0.15, 0.2) is 9.84 Å². The van der Waals surface area contributed by atoms with Crippen molar-refractivity contribution >= 4 is 21.4 Å². The molecule has 1 aromatic carbocycles. The van der Waals surface area contributed by atoms with E-state index in [0.717, 1.165) is 5.56 Å². The minimum atomic E-state index is -3.47. The van der Waals surface area contributed by atoms with E-state index < -0.39 is 15.1 Å². The zero-order chi connectivity index (χ0) is 13.1. The normalized spacial score (nSPS) is 13.1. The molecule has 1 aromatic rings. The van der Waals surface area contributed by atoms with Crippen LogP contribution in [0.3, 0.4) is 0 Å². The fourth-order valence-electron chi connectivity index (χ4n) is 1.50. The first-order valence-corrected chi connectivity index (χ1v) is 7.32. The molecule has 5 heteroatoms. The SMILES string of the molecule is Cc1ccc(S(=O)(=O)C(C)CCCl)c(C#N)c1. The second-order valence-electron chi connectivity index (χ2n) is 3.94. The lowest BCUT2D eigenvalue weighted by Gasteiger charge is -2.12. The van der Waals surface area contributed by atoms with Crippen LogP contribution < -0.4 is 0 Å². The van der Waals surface area contributed by atoms with Gasteiger partial charge in [-0.2, -0.15) is 5.26 Å². The first-order chi connectivity index (χ1) is 7.93. The Morgan fingerprint density at radius 2 is 2.12 bits per heavy atom. The topological polar surface area (TPSA) is 57.9 Å². The standard InChI is InChI=1S/C12H14ClNO2S/c1-9-3-4-12(11(7-9)8-14)17(15,16)10(2)5-6-13/h3-4,7,10H,5-6H2,1-2H3. The van der Waals surface area contributed by atoms with Gasteiger partial charge in [0.2, 0.25) is 0 Å². The van der Waals surface area contributed by atoms with Crippen molar-refractivity contribution in [2.45, 2.75) is 30.4 Å². The zero-order valence-corrected chi connectivity index (χ0v) is 11.3. The smallest absolute Gasteiger partial charge is 0.182 e. The average molecular weight is 272 g/mol. The van der Waals surface area contributed by atoms with Gasteiger partial charge in [0.25, 0.3) is 0 Å². The van der Waals surface area contributed by atoms with Crippen molar-refractivity contribution in [1.82, 2.24) is 0 Å². The summed E-state index contributed by atoms with van der Waals surface area (Å²) >= 11 is 5.56. The molecular weight excluding hydrogens is 258 g/mol. The average Bonchev–Trinajstić information content (AvgIpc) is 2.28. The van der Waals surface area contributed by atoms with E-state index in [1.807, 2.05) is 13.0 Å². The molecule has 3 nitrogen and oxygen atoms in total. The van der Waals surface area contributed by atoms with Crippen molar-refractivity contribution in [1.29, 1.82) is 5.26 Å². The van der Waals surface area contributed by atoms with Crippen molar-refractivity contribution < 1.29 is 8.42 Å². The van der Waals surface area contributed by atoms with Gasteiger partial charge in [0, 0.05) is 5.88 Å². The number of nitriles is 1. The van der Waals surface area contributed by atoms with Crippen LogP contribution in [0.15, 0.2) is 23.1 Å². The van der Waals surface area contributed by atoms with Crippen LogP contribution in [0.5, 0.6) is 0 Å². The summed E-state index contributed by atoms with van der Waals surface area (Å²) in [7, 11) is -3.47. The van der Waals surface area contributed by atoms with Gasteiger partial charge in [-0.15, -0.1) is 11.6 Å². The van der Waals surface area contributed by atoms with Gasteiger partial charge < -0.3 is 0 Å². The highest BCUT2D eigenvalue weighted by atomic mass is 35.5. The van der Waals surface area contributed by atoms with Crippen LogP contribution in [0.1, 0.15) is 24.5 Å². The van der Waals surface area contributed by atoms with E-state index in [-0.39, 0.29) is 16.3 Å². The Labute approximate surface area is 107 Å². The fraction of sp³-hybridized carbons (Fsp3) is 0.417. The molecule has 0 aromatic heterocycles. The summed E-state index contributed by atoms with van der Waals surface area (Å²) < 4.78 is 24.4. The number of rotatable bonds is 4. The van der Waals surface area contributed by atoms with E-state index in [9.17, 15) is 8.42 Å². The Morgan fingerprint density at radius 1 is 1.47 bits per heavy atom. The van der Waals surface area contributed by atoms with Crippen molar-refractivity contribution in [3.05, 3.63) is 29.3 Å². The van der Waals surface area contributed by atoms with Gasteiger partial charge in [-0.3, -0.25) is 0 Å². The van der Waals surface area contributed by atoms with Crippen molar-refractivity contribution in [2.75, 3.05) is 5.88 Å². The van der Waals surface area contributed by atoms with Crippen LogP contribution >= 0.6 is 11.6 Å². The molecule has 0 bridgehead atoms. The number of hydrogen-bond donors (Lipinski definition) is 0. The lowest BCUT2D eigenvalue weighted by molar-refractivity contribution is 0.581. The molecule has 17 heavy (non-hydrogen) atoms. The van der Waals surface area contributed by atoms with Crippen molar-refractivity contribution in [2.24, 2.45) is 0 Å². The van der Waals surface area contributed by atoms with Gasteiger partial charge >= 0.3 is 0 Å². The number of halogens is 1. The van der Waals surface area contributed by atoms with Crippen LogP contribution in [0.25, 0.3) is 0 Å². The van der Waals surface area contributed by atoms with Crippen molar-refractivity contribution in [3.63, 3.8) is 0 Å². The zero-order valence-electron chi connectivity index (χ0n) is 9.77. The minimum absolute atomic E-state index is 0.100. The highest BCUT2D eigenvalue weighted by molar-refractivity contribution is 7.92. The lowest BCUT2D eigenvalue weighted by Crippen LogP contribution is -2.19. The molecule has 0 saturated heterocycles. The third-order valence-corrected chi connectivity index (χ3v) is 5.09. The molecule has 0 spiro atoms. The van der Waals surface area contributed by atoms with Gasteiger partial charge in [-0.1, -0.05) is 6.07 Å². The molecule has 1 rings (SSSR count). The molecule has 1 unspecified atom stereocenters. The van der Waals surface area contributed by atoms with E-state index in [1.165, 1.54) is 6.07 Å². The monoisotopic (exact) mass is 271 g/mol. The number of nitrogens with zero attached hydrogens (tertiary/aromatic N) is 1. The molecule has 0 saturated carbocycles. The van der Waals surface area contributed by atoms with E-state index >= 15 is 0 Å². The van der Waals surface area contributed by atoms with Crippen LogP contribution in [0, 0.1) is 18.3 Å². The Hall–Kier alpha value is -1.05. The predicted molar refractivity (Wildman–Crippen MR) is 67.9 cm³/mol. The summed E-state index contributed by atoms with van der Waals surface area (Å²) in [6, 6.07) is 6.70. The Kier molecular flexibility index (Phi) is 4.55. The largest absolute Gasteiger partial charge is 0.223 e. The maximum Gasteiger partial charge on any atom is 0.182 e. The summed E-state index contributed by atoms with van der Waals surface area (Å²) in [6.07, 6.45) is 0.378. The number of sulfone groups is 1. The number of benzene rings is 1. The Morgan fingerprint density at radius 3 is 2.65 bits per heavy atom. The second kappa shape index (κ2) is 5.52. The van der Waals surface area contributed by atoms with Gasteiger partial charge in [0.1, 0.15) is 6.07 Å². The quantitative estimate of drug-likeness (QED) is 0.791. The Bertz CT molecular complexity index is 546. The third-order valence-electron chi connectivity index (χ3n) is 2.61. The maximum absolute atomic E-state index is 12.2. The molecule has 92 valence electrons. The van der Waals surface area contributed by atoms with Gasteiger partial charge in [0.05, 0.1) is 15.7 Å². The predicted octanol–water partition coefficient (Wildman–Crippen LogP) is 2.66. The third kappa shape index (κ3) is 2.99. The molecule has 0 aliphatic carbocycles. The fourth-order valence-corrected chi connectivity index (χ4v) is 3.49. The first kappa shape index (κ1) is 14.0. The maximum atomic E-state index is 12.2.